The molecule has 0 aliphatic rings. The number of carbonyl (C=O) groups excluding carboxylic acids is 1. The van der Waals surface area contributed by atoms with E-state index in [4.69, 9.17) is 9.52 Å². The Morgan fingerprint density at radius 3 is 2.58 bits per heavy atom. The van der Waals surface area contributed by atoms with Gasteiger partial charge in [0, 0.05) is 12.6 Å². The van der Waals surface area contributed by atoms with E-state index < -0.39 is 11.9 Å². The summed E-state index contributed by atoms with van der Waals surface area (Å²) in [5.41, 5.74) is 1.22. The van der Waals surface area contributed by atoms with Crippen molar-refractivity contribution in [2.75, 3.05) is 5.32 Å². The van der Waals surface area contributed by atoms with Crippen molar-refractivity contribution in [3.8, 4) is 0 Å². The van der Waals surface area contributed by atoms with Crippen LogP contribution in [-0.4, -0.2) is 27.0 Å². The second kappa shape index (κ2) is 4.60. The van der Waals surface area contributed by atoms with Crippen LogP contribution in [0.5, 0.6) is 0 Å². The predicted molar refractivity (Wildman–Crippen MR) is 66.4 cm³/mol. The van der Waals surface area contributed by atoms with E-state index >= 15 is 0 Å². The number of oxazole rings is 1. The Kier molecular flexibility index (Phi) is 3.12. The molecular weight excluding hydrogens is 250 g/mol. The Bertz CT molecular complexity index is 654. The fourth-order valence-corrected chi connectivity index (χ4v) is 1.78. The molecule has 2 heterocycles. The average molecular weight is 263 g/mol. The van der Waals surface area contributed by atoms with E-state index in [1.165, 1.54) is 0 Å². The first-order chi connectivity index (χ1) is 8.88. The van der Waals surface area contributed by atoms with Crippen LogP contribution in [0, 0.1) is 20.8 Å². The fourth-order valence-electron chi connectivity index (χ4n) is 1.78. The van der Waals surface area contributed by atoms with Gasteiger partial charge in [0.25, 0.3) is 5.91 Å². The SMILES string of the molecule is Cc1cc(NC(=O)c2oc(C)nc2C)c(C(=O)O)[nH]1. The van der Waals surface area contributed by atoms with Crippen LogP contribution in [0.1, 0.15) is 38.3 Å². The molecule has 0 saturated carbocycles. The van der Waals surface area contributed by atoms with Gasteiger partial charge in [0.2, 0.25) is 5.76 Å². The van der Waals surface area contributed by atoms with Gasteiger partial charge in [-0.3, -0.25) is 4.79 Å². The van der Waals surface area contributed by atoms with Crippen LogP contribution in [0.25, 0.3) is 0 Å². The molecule has 19 heavy (non-hydrogen) atoms. The molecule has 0 unspecified atom stereocenters. The number of nitrogens with zero attached hydrogens (tertiary/aromatic N) is 1. The molecule has 100 valence electrons. The van der Waals surface area contributed by atoms with E-state index in [-0.39, 0.29) is 17.1 Å². The van der Waals surface area contributed by atoms with Gasteiger partial charge in [-0.1, -0.05) is 0 Å². The van der Waals surface area contributed by atoms with Gasteiger partial charge in [-0.2, -0.15) is 0 Å². The smallest absolute Gasteiger partial charge is 0.354 e. The molecule has 0 saturated heterocycles. The summed E-state index contributed by atoms with van der Waals surface area (Å²) in [5, 5.41) is 11.5. The molecule has 0 radical (unpaired) electrons. The lowest BCUT2D eigenvalue weighted by Crippen LogP contribution is -2.14. The molecule has 0 spiro atoms. The van der Waals surface area contributed by atoms with Crippen LogP contribution in [0.3, 0.4) is 0 Å². The predicted octanol–water partition coefficient (Wildman–Crippen LogP) is 1.88. The largest absolute Gasteiger partial charge is 0.477 e. The fraction of sp³-hybridized carbons (Fsp3) is 0.250. The third-order valence-corrected chi connectivity index (χ3v) is 2.52. The first kappa shape index (κ1) is 12.9. The van der Waals surface area contributed by atoms with Crippen LogP contribution < -0.4 is 5.32 Å². The normalized spacial score (nSPS) is 10.5. The van der Waals surface area contributed by atoms with Crippen molar-refractivity contribution >= 4 is 17.6 Å². The molecule has 0 fully saturated rings. The number of carboxylic acid groups (broad SMARTS) is 1. The van der Waals surface area contributed by atoms with Gasteiger partial charge in [-0.25, -0.2) is 9.78 Å². The molecular formula is C12H13N3O4. The lowest BCUT2D eigenvalue weighted by atomic mass is 10.3. The summed E-state index contributed by atoms with van der Waals surface area (Å²) >= 11 is 0. The Hall–Kier alpha value is -2.57. The number of aromatic nitrogens is 2. The minimum Gasteiger partial charge on any atom is -0.477 e. The van der Waals surface area contributed by atoms with Crippen molar-refractivity contribution in [2.24, 2.45) is 0 Å². The van der Waals surface area contributed by atoms with E-state index in [0.29, 0.717) is 17.3 Å². The second-order valence-electron chi connectivity index (χ2n) is 4.15. The van der Waals surface area contributed by atoms with Gasteiger partial charge >= 0.3 is 5.97 Å². The van der Waals surface area contributed by atoms with Gasteiger partial charge in [-0.05, 0) is 19.9 Å². The molecule has 0 aliphatic heterocycles. The second-order valence-corrected chi connectivity index (χ2v) is 4.15. The molecule has 1 amide bonds. The maximum Gasteiger partial charge on any atom is 0.354 e. The van der Waals surface area contributed by atoms with Crippen LogP contribution in [0.4, 0.5) is 5.69 Å². The van der Waals surface area contributed by atoms with E-state index in [1.54, 1.807) is 26.8 Å². The highest BCUT2D eigenvalue weighted by molar-refractivity contribution is 6.06. The first-order valence-electron chi connectivity index (χ1n) is 5.56. The number of amides is 1. The standard InChI is InChI=1S/C12H13N3O4/c1-5-4-8(9(13-5)12(17)18)15-11(16)10-6(2)14-7(3)19-10/h4,13H,1-3H3,(H,15,16)(H,17,18). The van der Waals surface area contributed by atoms with Crippen molar-refractivity contribution in [1.82, 2.24) is 9.97 Å². The summed E-state index contributed by atoms with van der Waals surface area (Å²) < 4.78 is 5.17. The number of aryl methyl sites for hydroxylation is 3. The zero-order valence-corrected chi connectivity index (χ0v) is 10.7. The van der Waals surface area contributed by atoms with Crippen LogP contribution in [0.15, 0.2) is 10.5 Å². The van der Waals surface area contributed by atoms with Crippen molar-refractivity contribution in [2.45, 2.75) is 20.8 Å². The van der Waals surface area contributed by atoms with Gasteiger partial charge in [-0.15, -0.1) is 0 Å². The van der Waals surface area contributed by atoms with E-state index in [1.807, 2.05) is 0 Å². The monoisotopic (exact) mass is 263 g/mol. The quantitative estimate of drug-likeness (QED) is 0.783. The Morgan fingerprint density at radius 1 is 1.37 bits per heavy atom. The number of nitrogens with one attached hydrogen (secondary N) is 2. The molecule has 2 aromatic rings. The molecule has 0 aromatic carbocycles. The highest BCUT2D eigenvalue weighted by Crippen LogP contribution is 2.19. The summed E-state index contributed by atoms with van der Waals surface area (Å²) in [7, 11) is 0. The van der Waals surface area contributed by atoms with Crippen molar-refractivity contribution in [1.29, 1.82) is 0 Å². The maximum absolute atomic E-state index is 12.0. The molecule has 0 atom stereocenters. The molecule has 2 aromatic heterocycles. The molecule has 7 nitrogen and oxygen atoms in total. The summed E-state index contributed by atoms with van der Waals surface area (Å²) in [6, 6.07) is 1.54. The first-order valence-corrected chi connectivity index (χ1v) is 5.56. The Balaban J connectivity index is 2.29. The molecule has 2 rings (SSSR count). The average Bonchev–Trinajstić information content (AvgIpc) is 2.81. The molecule has 3 N–H and O–H groups in total. The summed E-state index contributed by atoms with van der Waals surface area (Å²) in [5.74, 6) is -1.22. The maximum atomic E-state index is 12.0. The number of aromatic carboxylic acids is 1. The minimum atomic E-state index is -1.14. The molecule has 0 aliphatic carbocycles. The van der Waals surface area contributed by atoms with Crippen LogP contribution in [-0.2, 0) is 0 Å². The van der Waals surface area contributed by atoms with Crippen molar-refractivity contribution in [3.05, 3.63) is 34.8 Å². The zero-order chi connectivity index (χ0) is 14.2. The minimum absolute atomic E-state index is 0.0697. The van der Waals surface area contributed by atoms with E-state index in [2.05, 4.69) is 15.3 Å². The Morgan fingerprint density at radius 2 is 2.05 bits per heavy atom. The molecule has 7 heteroatoms. The number of hydrogen-bond acceptors (Lipinski definition) is 4. The number of H-pyrrole nitrogens is 1. The van der Waals surface area contributed by atoms with Gasteiger partial charge in [0.05, 0.1) is 11.4 Å². The third kappa shape index (κ3) is 2.49. The summed E-state index contributed by atoms with van der Waals surface area (Å²) in [6.45, 7) is 4.98. The number of carboxylic acids is 1. The topological polar surface area (TPSA) is 108 Å². The van der Waals surface area contributed by atoms with E-state index in [0.717, 1.165) is 0 Å². The Labute approximate surface area is 108 Å². The zero-order valence-electron chi connectivity index (χ0n) is 10.7. The van der Waals surface area contributed by atoms with Crippen LogP contribution >= 0.6 is 0 Å². The lowest BCUT2D eigenvalue weighted by molar-refractivity contribution is 0.0692. The van der Waals surface area contributed by atoms with Crippen molar-refractivity contribution in [3.63, 3.8) is 0 Å². The number of rotatable bonds is 3. The highest BCUT2D eigenvalue weighted by Gasteiger charge is 2.20. The number of aromatic amines is 1. The van der Waals surface area contributed by atoms with Gasteiger partial charge in [0.15, 0.2) is 5.89 Å². The van der Waals surface area contributed by atoms with Crippen molar-refractivity contribution < 1.29 is 19.1 Å². The van der Waals surface area contributed by atoms with Gasteiger partial charge in [0.1, 0.15) is 5.69 Å². The number of anilines is 1. The number of hydrogen-bond donors (Lipinski definition) is 3. The summed E-state index contributed by atoms with van der Waals surface area (Å²) in [4.78, 5) is 29.6. The van der Waals surface area contributed by atoms with Gasteiger partial charge < -0.3 is 19.8 Å². The lowest BCUT2D eigenvalue weighted by Gasteiger charge is -2.02. The highest BCUT2D eigenvalue weighted by atomic mass is 16.4. The molecule has 0 bridgehead atoms. The van der Waals surface area contributed by atoms with Crippen LogP contribution in [0.2, 0.25) is 0 Å². The third-order valence-electron chi connectivity index (χ3n) is 2.52. The van der Waals surface area contributed by atoms with E-state index in [9.17, 15) is 9.59 Å². The summed E-state index contributed by atoms with van der Waals surface area (Å²) in [6.07, 6.45) is 0. The number of carbonyl (C=O) groups is 2.